The molecule has 0 spiro atoms. The quantitative estimate of drug-likeness (QED) is 0.648. The highest BCUT2D eigenvalue weighted by Gasteiger charge is 2.27. The number of thioether (sulfide) groups is 1. The average molecular weight is 274 g/mol. The molecule has 0 amide bonds. The summed E-state index contributed by atoms with van der Waals surface area (Å²) in [6.45, 7) is 5.23. The van der Waals surface area contributed by atoms with Crippen LogP contribution in [0.4, 0.5) is 0 Å². The monoisotopic (exact) mass is 274 g/mol. The average Bonchev–Trinajstić information content (AvgIpc) is 2.59. The number of aromatic nitrogens is 3. The molecule has 1 aromatic rings. The number of carboxylic acid groups (broad SMARTS) is 1. The summed E-state index contributed by atoms with van der Waals surface area (Å²) >= 11 is 1.32. The largest absolute Gasteiger partial charge is 0.480 e. The Morgan fingerprint density at radius 1 is 1.67 bits per heavy atom. The molecule has 0 bridgehead atoms. The normalized spacial score (nSPS) is 14.7. The zero-order valence-electron chi connectivity index (χ0n) is 10.6. The van der Waals surface area contributed by atoms with Crippen LogP contribution in [0.25, 0.3) is 0 Å². The maximum absolute atomic E-state index is 11.5. The minimum Gasteiger partial charge on any atom is -0.480 e. The lowest BCUT2D eigenvalue weighted by Crippen LogP contribution is -2.45. The van der Waals surface area contributed by atoms with Gasteiger partial charge in [-0.15, -0.1) is 5.10 Å². The van der Waals surface area contributed by atoms with E-state index in [1.165, 1.54) is 23.3 Å². The van der Waals surface area contributed by atoms with Crippen molar-refractivity contribution in [3.63, 3.8) is 0 Å². The summed E-state index contributed by atoms with van der Waals surface area (Å²) in [4.78, 5) is 22.3. The molecule has 18 heavy (non-hydrogen) atoms. The second-order valence-electron chi connectivity index (χ2n) is 4.60. The molecule has 0 aromatic carbocycles. The maximum atomic E-state index is 11.5. The van der Waals surface area contributed by atoms with Crippen molar-refractivity contribution in [1.29, 1.82) is 0 Å². The van der Waals surface area contributed by atoms with Crippen LogP contribution in [0.15, 0.2) is 9.95 Å². The topological polar surface area (TPSA) is 114 Å². The number of carboxylic acids is 1. The number of aliphatic carboxylic acids is 1. The van der Waals surface area contributed by atoms with E-state index in [0.717, 1.165) is 0 Å². The predicted octanol–water partition coefficient (Wildman–Crippen LogP) is 0.437. The van der Waals surface area contributed by atoms with E-state index in [1.807, 2.05) is 13.8 Å². The molecule has 0 radical (unpaired) electrons. The molecule has 0 aliphatic heterocycles. The molecule has 0 saturated heterocycles. The fraction of sp³-hybridized carbons (Fsp3) is 0.700. The summed E-state index contributed by atoms with van der Waals surface area (Å²) in [7, 11) is 0. The summed E-state index contributed by atoms with van der Waals surface area (Å²) in [6.07, 6.45) is 0.298. The van der Waals surface area contributed by atoms with Gasteiger partial charge in [0.2, 0.25) is 0 Å². The van der Waals surface area contributed by atoms with E-state index >= 15 is 0 Å². The van der Waals surface area contributed by atoms with E-state index in [9.17, 15) is 9.59 Å². The summed E-state index contributed by atoms with van der Waals surface area (Å²) < 4.78 is 1.53. The fourth-order valence-corrected chi connectivity index (χ4v) is 2.56. The SMILES string of the molecule is CC(C)n1c(SCCC(C)(N)C(=O)O)n[nH]c1=O. The Bertz CT molecular complexity index is 478. The van der Waals surface area contributed by atoms with Crippen molar-refractivity contribution < 1.29 is 9.90 Å². The van der Waals surface area contributed by atoms with Gasteiger partial charge in [-0.3, -0.25) is 9.36 Å². The molecule has 0 fully saturated rings. The van der Waals surface area contributed by atoms with Crippen molar-refractivity contribution in [2.75, 3.05) is 5.75 Å². The molecule has 1 rings (SSSR count). The Kier molecular flexibility index (Phi) is 4.58. The third-order valence-electron chi connectivity index (χ3n) is 2.53. The van der Waals surface area contributed by atoms with Gasteiger partial charge >= 0.3 is 11.7 Å². The van der Waals surface area contributed by atoms with E-state index in [1.54, 1.807) is 0 Å². The lowest BCUT2D eigenvalue weighted by atomic mass is 10.0. The second kappa shape index (κ2) is 5.57. The van der Waals surface area contributed by atoms with Crippen LogP contribution in [-0.2, 0) is 4.79 Å². The predicted molar refractivity (Wildman–Crippen MR) is 68.8 cm³/mol. The van der Waals surface area contributed by atoms with Crippen molar-refractivity contribution in [3.05, 3.63) is 10.5 Å². The zero-order chi connectivity index (χ0) is 13.9. The van der Waals surface area contributed by atoms with E-state index in [-0.39, 0.29) is 11.7 Å². The van der Waals surface area contributed by atoms with Gasteiger partial charge in [0.15, 0.2) is 5.16 Å². The second-order valence-corrected chi connectivity index (χ2v) is 5.66. The third kappa shape index (κ3) is 3.36. The van der Waals surface area contributed by atoms with Gasteiger partial charge < -0.3 is 10.8 Å². The highest BCUT2D eigenvalue weighted by Crippen LogP contribution is 2.20. The van der Waals surface area contributed by atoms with Gasteiger partial charge in [-0.05, 0) is 27.2 Å². The highest BCUT2D eigenvalue weighted by atomic mass is 32.2. The first kappa shape index (κ1) is 14.8. The Morgan fingerprint density at radius 3 is 2.78 bits per heavy atom. The van der Waals surface area contributed by atoms with Crippen molar-refractivity contribution in [2.24, 2.45) is 5.73 Å². The number of rotatable bonds is 6. The maximum Gasteiger partial charge on any atom is 0.344 e. The molecule has 0 aliphatic carbocycles. The Hall–Kier alpha value is -1.28. The van der Waals surface area contributed by atoms with Crippen molar-refractivity contribution >= 4 is 17.7 Å². The standard InChI is InChI=1S/C10H18N4O3S/c1-6(2)14-8(17)12-13-9(14)18-5-4-10(3,11)7(15)16/h6H,4-5,11H2,1-3H3,(H,12,17)(H,15,16). The number of hydrogen-bond donors (Lipinski definition) is 3. The molecule has 8 heteroatoms. The van der Waals surface area contributed by atoms with Crippen molar-refractivity contribution in [2.45, 2.75) is 43.9 Å². The van der Waals surface area contributed by atoms with Gasteiger partial charge in [-0.1, -0.05) is 11.8 Å². The molecule has 1 aromatic heterocycles. The molecular weight excluding hydrogens is 256 g/mol. The first-order valence-corrected chi connectivity index (χ1v) is 6.56. The minimum atomic E-state index is -1.26. The van der Waals surface area contributed by atoms with Crippen LogP contribution in [0, 0.1) is 0 Å². The lowest BCUT2D eigenvalue weighted by molar-refractivity contribution is -0.142. The molecular formula is C10H18N4O3S. The van der Waals surface area contributed by atoms with Gasteiger partial charge in [0, 0.05) is 11.8 Å². The summed E-state index contributed by atoms with van der Waals surface area (Å²) in [5.41, 5.74) is 4.10. The Labute approximate surface area is 109 Å². The number of nitrogens with one attached hydrogen (secondary N) is 1. The van der Waals surface area contributed by atoms with Crippen molar-refractivity contribution in [3.8, 4) is 0 Å². The number of hydrogen-bond acceptors (Lipinski definition) is 5. The lowest BCUT2D eigenvalue weighted by Gasteiger charge is -2.18. The number of H-pyrrole nitrogens is 1. The summed E-state index contributed by atoms with van der Waals surface area (Å²) in [6, 6.07) is 0.00230. The molecule has 102 valence electrons. The highest BCUT2D eigenvalue weighted by molar-refractivity contribution is 7.99. The van der Waals surface area contributed by atoms with Crippen molar-refractivity contribution in [1.82, 2.24) is 14.8 Å². The van der Waals surface area contributed by atoms with Gasteiger partial charge in [-0.2, -0.15) is 0 Å². The van der Waals surface area contributed by atoms with Crippen LogP contribution in [0.3, 0.4) is 0 Å². The molecule has 7 nitrogen and oxygen atoms in total. The van der Waals surface area contributed by atoms with Gasteiger partial charge in [0.25, 0.3) is 0 Å². The first-order chi connectivity index (χ1) is 8.25. The molecule has 0 aliphatic rings. The molecule has 4 N–H and O–H groups in total. The van der Waals surface area contributed by atoms with E-state index in [4.69, 9.17) is 10.8 Å². The van der Waals surface area contributed by atoms with Gasteiger partial charge in [0.05, 0.1) is 0 Å². The first-order valence-electron chi connectivity index (χ1n) is 5.57. The van der Waals surface area contributed by atoms with Crippen LogP contribution in [0.2, 0.25) is 0 Å². The smallest absolute Gasteiger partial charge is 0.344 e. The van der Waals surface area contributed by atoms with Gasteiger partial charge in [-0.25, -0.2) is 9.89 Å². The summed E-state index contributed by atoms with van der Waals surface area (Å²) in [5.74, 6) is -0.553. The minimum absolute atomic E-state index is 0.00230. The van der Waals surface area contributed by atoms with Crippen LogP contribution in [0.5, 0.6) is 0 Å². The van der Waals surface area contributed by atoms with Crippen LogP contribution >= 0.6 is 11.8 Å². The van der Waals surface area contributed by atoms with Crippen LogP contribution < -0.4 is 11.4 Å². The number of nitrogens with two attached hydrogens (primary N) is 1. The molecule has 1 atom stereocenters. The number of carbonyl (C=O) groups is 1. The molecule has 1 heterocycles. The molecule has 1 unspecified atom stereocenters. The van der Waals surface area contributed by atoms with Gasteiger partial charge in [0.1, 0.15) is 5.54 Å². The number of aromatic amines is 1. The third-order valence-corrected chi connectivity index (χ3v) is 3.48. The fourth-order valence-electron chi connectivity index (χ4n) is 1.31. The van der Waals surface area contributed by atoms with E-state index < -0.39 is 11.5 Å². The van der Waals surface area contributed by atoms with E-state index in [2.05, 4.69) is 10.2 Å². The Morgan fingerprint density at radius 2 is 2.28 bits per heavy atom. The van der Waals surface area contributed by atoms with Crippen LogP contribution in [-0.4, -0.2) is 37.1 Å². The Balaban J connectivity index is 2.66. The molecule has 0 saturated carbocycles. The van der Waals surface area contributed by atoms with E-state index in [0.29, 0.717) is 17.3 Å². The zero-order valence-corrected chi connectivity index (χ0v) is 11.5. The number of nitrogens with zero attached hydrogens (tertiary/aromatic N) is 2. The van der Waals surface area contributed by atoms with Crippen LogP contribution in [0.1, 0.15) is 33.2 Å². The summed E-state index contributed by atoms with van der Waals surface area (Å²) in [5, 5.41) is 15.7.